The summed E-state index contributed by atoms with van der Waals surface area (Å²) in [7, 11) is 1.65. The third-order valence-corrected chi connectivity index (χ3v) is 3.00. The van der Waals surface area contributed by atoms with Crippen LogP contribution in [0.3, 0.4) is 0 Å². The molecule has 3 heteroatoms. The van der Waals surface area contributed by atoms with Gasteiger partial charge in [-0.25, -0.2) is 4.79 Å². The fraction of sp³-hybridized carbons (Fsp3) is 0.357. The molecule has 1 aromatic rings. The zero-order chi connectivity index (χ0) is 13.2. The number of carboxylic acid groups (broad SMARTS) is 1. The summed E-state index contributed by atoms with van der Waals surface area (Å²) in [6.45, 7) is 7.73. The molecule has 1 rings (SSSR count). The lowest BCUT2D eigenvalue weighted by Gasteiger charge is -2.15. The minimum Gasteiger partial charge on any atom is -0.496 e. The van der Waals surface area contributed by atoms with Gasteiger partial charge in [-0.2, -0.15) is 0 Å². The molecule has 0 aliphatic carbocycles. The van der Waals surface area contributed by atoms with Crippen LogP contribution in [-0.2, 0) is 4.79 Å². The van der Waals surface area contributed by atoms with E-state index in [4.69, 9.17) is 9.84 Å². The van der Waals surface area contributed by atoms with Gasteiger partial charge < -0.3 is 9.84 Å². The molecule has 0 aliphatic rings. The molecule has 0 spiro atoms. The van der Waals surface area contributed by atoms with Gasteiger partial charge in [-0.3, -0.25) is 0 Å². The van der Waals surface area contributed by atoms with E-state index in [2.05, 4.69) is 0 Å². The van der Waals surface area contributed by atoms with E-state index >= 15 is 0 Å². The zero-order valence-electron chi connectivity index (χ0n) is 10.9. The summed E-state index contributed by atoms with van der Waals surface area (Å²) in [5.74, 6) is -0.0533. The average Bonchev–Trinajstić information content (AvgIpc) is 2.23. The third kappa shape index (κ3) is 2.67. The van der Waals surface area contributed by atoms with E-state index in [0.29, 0.717) is 0 Å². The maximum atomic E-state index is 10.7. The third-order valence-electron chi connectivity index (χ3n) is 3.00. The largest absolute Gasteiger partial charge is 0.496 e. The maximum Gasteiger partial charge on any atom is 0.328 e. The van der Waals surface area contributed by atoms with Crippen LogP contribution in [0, 0.1) is 20.8 Å². The Bertz CT molecular complexity index is 485. The molecule has 1 aromatic carbocycles. The quantitative estimate of drug-likeness (QED) is 0.817. The number of hydrogen-bond acceptors (Lipinski definition) is 2. The van der Waals surface area contributed by atoms with Gasteiger partial charge in [0.25, 0.3) is 0 Å². The van der Waals surface area contributed by atoms with Gasteiger partial charge in [-0.1, -0.05) is 0 Å². The molecule has 0 amide bonds. The van der Waals surface area contributed by atoms with Gasteiger partial charge in [0.15, 0.2) is 0 Å². The van der Waals surface area contributed by atoms with Crippen molar-refractivity contribution in [2.24, 2.45) is 0 Å². The lowest BCUT2D eigenvalue weighted by molar-refractivity contribution is -0.131. The highest BCUT2D eigenvalue weighted by Gasteiger charge is 2.12. The van der Waals surface area contributed by atoms with Crippen molar-refractivity contribution in [2.45, 2.75) is 27.7 Å². The van der Waals surface area contributed by atoms with Gasteiger partial charge in [0, 0.05) is 6.08 Å². The second-order valence-electron chi connectivity index (χ2n) is 4.19. The Balaban J connectivity index is 3.43. The van der Waals surface area contributed by atoms with Gasteiger partial charge in [-0.05, 0) is 61.6 Å². The van der Waals surface area contributed by atoms with Crippen LogP contribution in [0.15, 0.2) is 12.1 Å². The van der Waals surface area contributed by atoms with E-state index in [-0.39, 0.29) is 0 Å². The Kier molecular flexibility index (Phi) is 3.94. The summed E-state index contributed by atoms with van der Waals surface area (Å²) in [5.41, 5.74) is 4.85. The highest BCUT2D eigenvalue weighted by molar-refractivity contribution is 5.90. The number of rotatable bonds is 3. The van der Waals surface area contributed by atoms with Crippen LogP contribution in [0.5, 0.6) is 5.75 Å². The number of aryl methyl sites for hydroxylation is 1. The number of allylic oxidation sites excluding steroid dienone is 1. The second kappa shape index (κ2) is 5.04. The predicted octanol–water partition coefficient (Wildman–Crippen LogP) is 3.11. The van der Waals surface area contributed by atoms with Crippen molar-refractivity contribution in [3.63, 3.8) is 0 Å². The standard InChI is InChI=1S/C14H18O3/c1-8(7-13(15)16)12-6-9(2)14(17-5)11(4)10(12)3/h6-7H,1-5H3,(H,15,16)/b8-7+. The van der Waals surface area contributed by atoms with Gasteiger partial charge >= 0.3 is 5.97 Å². The van der Waals surface area contributed by atoms with Crippen LogP contribution in [-0.4, -0.2) is 18.2 Å². The van der Waals surface area contributed by atoms with Crippen molar-refractivity contribution in [3.8, 4) is 5.75 Å². The first-order valence-electron chi connectivity index (χ1n) is 5.44. The van der Waals surface area contributed by atoms with Crippen molar-refractivity contribution in [3.05, 3.63) is 34.4 Å². The van der Waals surface area contributed by atoms with Crippen molar-refractivity contribution >= 4 is 11.5 Å². The van der Waals surface area contributed by atoms with E-state index in [1.54, 1.807) is 7.11 Å². The number of aliphatic carboxylic acids is 1. The normalized spacial score (nSPS) is 11.5. The Labute approximate surface area is 102 Å². The van der Waals surface area contributed by atoms with Crippen LogP contribution in [0.4, 0.5) is 0 Å². The molecule has 92 valence electrons. The van der Waals surface area contributed by atoms with Gasteiger partial charge in [0.05, 0.1) is 7.11 Å². The van der Waals surface area contributed by atoms with E-state index in [1.807, 2.05) is 33.8 Å². The Morgan fingerprint density at radius 2 is 1.88 bits per heavy atom. The number of hydrogen-bond donors (Lipinski definition) is 1. The molecular weight excluding hydrogens is 216 g/mol. The van der Waals surface area contributed by atoms with E-state index in [1.165, 1.54) is 6.08 Å². The summed E-state index contributed by atoms with van der Waals surface area (Å²) < 4.78 is 5.34. The molecule has 0 radical (unpaired) electrons. The molecule has 0 saturated heterocycles. The van der Waals surface area contributed by atoms with Crippen LogP contribution in [0.1, 0.15) is 29.2 Å². The first-order valence-corrected chi connectivity index (χ1v) is 5.44. The molecule has 0 unspecified atom stereocenters. The SMILES string of the molecule is COc1c(C)cc(/C(C)=C/C(=O)O)c(C)c1C. The fourth-order valence-corrected chi connectivity index (χ4v) is 2.04. The summed E-state index contributed by atoms with van der Waals surface area (Å²) in [5, 5.41) is 8.77. The number of carboxylic acids is 1. The van der Waals surface area contributed by atoms with E-state index in [9.17, 15) is 4.79 Å². The topological polar surface area (TPSA) is 46.5 Å². The maximum absolute atomic E-state index is 10.7. The molecule has 1 N–H and O–H groups in total. The van der Waals surface area contributed by atoms with Crippen molar-refractivity contribution in [2.75, 3.05) is 7.11 Å². The minimum absolute atomic E-state index is 0.754. The molecule has 0 fully saturated rings. The van der Waals surface area contributed by atoms with Crippen molar-refractivity contribution in [1.82, 2.24) is 0 Å². The van der Waals surface area contributed by atoms with Crippen LogP contribution >= 0.6 is 0 Å². The zero-order valence-corrected chi connectivity index (χ0v) is 10.9. The molecule has 0 aromatic heterocycles. The van der Waals surface area contributed by atoms with Crippen molar-refractivity contribution < 1.29 is 14.6 Å². The fourth-order valence-electron chi connectivity index (χ4n) is 2.04. The lowest BCUT2D eigenvalue weighted by atomic mass is 9.94. The lowest BCUT2D eigenvalue weighted by Crippen LogP contribution is -1.99. The molecule has 3 nitrogen and oxygen atoms in total. The average molecular weight is 234 g/mol. The molecule has 17 heavy (non-hydrogen) atoms. The Hall–Kier alpha value is -1.77. The van der Waals surface area contributed by atoms with E-state index < -0.39 is 5.97 Å². The summed E-state index contributed by atoms with van der Waals surface area (Å²) in [6.07, 6.45) is 1.23. The minimum atomic E-state index is -0.923. The van der Waals surface area contributed by atoms with Crippen molar-refractivity contribution in [1.29, 1.82) is 0 Å². The Morgan fingerprint density at radius 1 is 1.29 bits per heavy atom. The monoisotopic (exact) mass is 234 g/mol. The molecular formula is C14H18O3. The van der Waals surface area contributed by atoms with E-state index in [0.717, 1.165) is 33.6 Å². The smallest absolute Gasteiger partial charge is 0.328 e. The van der Waals surface area contributed by atoms with Gasteiger partial charge in [0.2, 0.25) is 0 Å². The Morgan fingerprint density at radius 3 is 2.35 bits per heavy atom. The van der Waals surface area contributed by atoms with Gasteiger partial charge in [-0.15, -0.1) is 0 Å². The number of benzene rings is 1. The van der Waals surface area contributed by atoms with Crippen LogP contribution < -0.4 is 4.74 Å². The highest BCUT2D eigenvalue weighted by Crippen LogP contribution is 2.31. The molecule has 0 saturated carbocycles. The molecule has 0 atom stereocenters. The molecule has 0 bridgehead atoms. The number of carbonyl (C=O) groups is 1. The molecule has 0 heterocycles. The first kappa shape index (κ1) is 13.3. The second-order valence-corrected chi connectivity index (χ2v) is 4.19. The van der Waals surface area contributed by atoms with Gasteiger partial charge in [0.1, 0.15) is 5.75 Å². The predicted molar refractivity (Wildman–Crippen MR) is 68.5 cm³/mol. The van der Waals surface area contributed by atoms with Crippen LogP contribution in [0.25, 0.3) is 5.57 Å². The number of methoxy groups -OCH3 is 1. The summed E-state index contributed by atoms with van der Waals surface area (Å²) >= 11 is 0. The number of ether oxygens (including phenoxy) is 1. The highest BCUT2D eigenvalue weighted by atomic mass is 16.5. The molecule has 0 aliphatic heterocycles. The first-order chi connectivity index (χ1) is 7.88. The summed E-state index contributed by atoms with van der Waals surface area (Å²) in [6, 6.07) is 1.97. The van der Waals surface area contributed by atoms with Crippen LogP contribution in [0.2, 0.25) is 0 Å². The summed E-state index contributed by atoms with van der Waals surface area (Å²) in [4.78, 5) is 10.7.